The molecule has 0 radical (unpaired) electrons. The van der Waals surface area contributed by atoms with Crippen molar-refractivity contribution in [2.75, 3.05) is 13.6 Å². The van der Waals surface area contributed by atoms with Crippen molar-refractivity contribution in [1.82, 2.24) is 4.90 Å². The number of nitrogens with zero attached hydrogens (tertiary/aromatic N) is 1. The molecule has 1 rings (SSSR count). The average Bonchev–Trinajstić information content (AvgIpc) is 2.28. The Labute approximate surface area is 112 Å². The van der Waals surface area contributed by atoms with E-state index in [2.05, 4.69) is 40.0 Å². The van der Waals surface area contributed by atoms with Gasteiger partial charge in [0.1, 0.15) is 5.78 Å². The first kappa shape index (κ1) is 14.4. The number of hydrogen-bond acceptors (Lipinski definition) is 2. The summed E-state index contributed by atoms with van der Waals surface area (Å²) in [5.41, 5.74) is 1.30. The zero-order chi connectivity index (χ0) is 12.7. The van der Waals surface area contributed by atoms with Crippen molar-refractivity contribution in [3.8, 4) is 0 Å². The Morgan fingerprint density at radius 3 is 2.82 bits per heavy atom. The second-order valence-electron chi connectivity index (χ2n) is 4.36. The second kappa shape index (κ2) is 7.62. The lowest BCUT2D eigenvalue weighted by Gasteiger charge is -2.16. The van der Waals surface area contributed by atoms with Crippen molar-refractivity contribution in [1.29, 1.82) is 0 Å². The van der Waals surface area contributed by atoms with Crippen molar-refractivity contribution in [3.05, 3.63) is 34.3 Å². The maximum Gasteiger partial charge on any atom is 0.132 e. The quantitative estimate of drug-likeness (QED) is 0.766. The molecule has 94 valence electrons. The highest BCUT2D eigenvalue weighted by atomic mass is 79.9. The van der Waals surface area contributed by atoms with E-state index in [9.17, 15) is 4.79 Å². The van der Waals surface area contributed by atoms with Crippen molar-refractivity contribution < 1.29 is 4.79 Å². The van der Waals surface area contributed by atoms with Crippen LogP contribution in [0.5, 0.6) is 0 Å². The van der Waals surface area contributed by atoms with Crippen LogP contribution in [0, 0.1) is 0 Å². The third kappa shape index (κ3) is 5.99. The van der Waals surface area contributed by atoms with Gasteiger partial charge in [-0.05, 0) is 37.7 Å². The predicted molar refractivity (Wildman–Crippen MR) is 75.0 cm³/mol. The number of benzene rings is 1. The van der Waals surface area contributed by atoms with Crippen molar-refractivity contribution in [2.45, 2.75) is 32.7 Å². The molecule has 17 heavy (non-hydrogen) atoms. The molecule has 0 heterocycles. The Morgan fingerprint density at radius 1 is 1.41 bits per heavy atom. The average molecular weight is 298 g/mol. The summed E-state index contributed by atoms with van der Waals surface area (Å²) in [5.74, 6) is 0.362. The number of halogens is 1. The molecule has 1 aromatic carbocycles. The van der Waals surface area contributed by atoms with E-state index >= 15 is 0 Å². The molecular weight excluding hydrogens is 278 g/mol. The number of carbonyl (C=O) groups is 1. The molecule has 3 heteroatoms. The smallest absolute Gasteiger partial charge is 0.132 e. The van der Waals surface area contributed by atoms with Gasteiger partial charge in [0.25, 0.3) is 0 Å². The summed E-state index contributed by atoms with van der Waals surface area (Å²) >= 11 is 3.47. The van der Waals surface area contributed by atoms with E-state index in [4.69, 9.17) is 0 Å². The van der Waals surface area contributed by atoms with Gasteiger partial charge in [-0.1, -0.05) is 35.0 Å². The number of Topliss-reactive ketones (excluding diaryl/α,β-unsaturated/α-hetero) is 1. The van der Waals surface area contributed by atoms with Crippen LogP contribution in [0.1, 0.15) is 31.7 Å². The third-order valence-corrected chi connectivity index (χ3v) is 3.22. The Morgan fingerprint density at radius 2 is 2.18 bits per heavy atom. The molecule has 0 aliphatic rings. The van der Waals surface area contributed by atoms with E-state index in [-0.39, 0.29) is 0 Å². The van der Waals surface area contributed by atoms with E-state index in [1.165, 1.54) is 5.56 Å². The molecule has 0 bridgehead atoms. The molecule has 0 fully saturated rings. The van der Waals surface area contributed by atoms with Crippen LogP contribution >= 0.6 is 15.9 Å². The molecule has 0 aliphatic heterocycles. The maximum atomic E-state index is 11.2. The van der Waals surface area contributed by atoms with Crippen molar-refractivity contribution in [3.63, 3.8) is 0 Å². The summed E-state index contributed by atoms with van der Waals surface area (Å²) in [4.78, 5) is 13.4. The van der Waals surface area contributed by atoms with Gasteiger partial charge in [-0.2, -0.15) is 0 Å². The lowest BCUT2D eigenvalue weighted by Crippen LogP contribution is -2.19. The monoisotopic (exact) mass is 297 g/mol. The number of carbonyl (C=O) groups excluding carboxylic acids is 1. The minimum Gasteiger partial charge on any atom is -0.302 e. The number of rotatable bonds is 7. The molecule has 1 aromatic rings. The zero-order valence-corrected chi connectivity index (χ0v) is 12.2. The van der Waals surface area contributed by atoms with Crippen LogP contribution in [0.2, 0.25) is 0 Å². The van der Waals surface area contributed by atoms with Gasteiger partial charge in [0.05, 0.1) is 0 Å². The van der Waals surface area contributed by atoms with Gasteiger partial charge < -0.3 is 4.90 Å². The van der Waals surface area contributed by atoms with E-state index in [1.807, 2.05) is 19.1 Å². The summed E-state index contributed by atoms with van der Waals surface area (Å²) in [7, 11) is 2.09. The fourth-order valence-corrected chi connectivity index (χ4v) is 2.20. The highest BCUT2D eigenvalue weighted by Crippen LogP contribution is 2.13. The highest BCUT2D eigenvalue weighted by molar-refractivity contribution is 9.10. The van der Waals surface area contributed by atoms with Gasteiger partial charge in [0, 0.05) is 23.9 Å². The van der Waals surface area contributed by atoms with Crippen LogP contribution in [-0.4, -0.2) is 24.3 Å². The summed E-state index contributed by atoms with van der Waals surface area (Å²) in [5, 5.41) is 0. The lowest BCUT2D eigenvalue weighted by molar-refractivity contribution is -0.118. The lowest BCUT2D eigenvalue weighted by atomic mass is 10.1. The standard InChI is InChI=1S/C14H20BrNO/c1-3-14(17)8-5-9-16(2)11-12-6-4-7-13(15)10-12/h4,6-7,10H,3,5,8-9,11H2,1-2H3. The van der Waals surface area contributed by atoms with Crippen molar-refractivity contribution in [2.24, 2.45) is 0 Å². The molecule has 2 nitrogen and oxygen atoms in total. The predicted octanol–water partition coefficient (Wildman–Crippen LogP) is 3.64. The molecule has 0 aromatic heterocycles. The topological polar surface area (TPSA) is 20.3 Å². The van der Waals surface area contributed by atoms with E-state index < -0.39 is 0 Å². The Kier molecular flexibility index (Phi) is 6.45. The first-order chi connectivity index (χ1) is 8.11. The van der Waals surface area contributed by atoms with Crippen LogP contribution in [0.3, 0.4) is 0 Å². The molecule has 0 atom stereocenters. The van der Waals surface area contributed by atoms with Gasteiger partial charge in [-0.25, -0.2) is 0 Å². The fraction of sp³-hybridized carbons (Fsp3) is 0.500. The van der Waals surface area contributed by atoms with Crippen LogP contribution in [0.15, 0.2) is 28.7 Å². The first-order valence-corrected chi connectivity index (χ1v) is 6.85. The number of hydrogen-bond donors (Lipinski definition) is 0. The minimum atomic E-state index is 0.362. The number of ketones is 1. The Balaban J connectivity index is 2.29. The molecule has 0 N–H and O–H groups in total. The molecule has 0 unspecified atom stereocenters. The van der Waals surface area contributed by atoms with Gasteiger partial charge in [-0.15, -0.1) is 0 Å². The fourth-order valence-electron chi connectivity index (χ4n) is 1.75. The largest absolute Gasteiger partial charge is 0.302 e. The SMILES string of the molecule is CCC(=O)CCCN(C)Cc1cccc(Br)c1. The van der Waals surface area contributed by atoms with Gasteiger partial charge in [-0.3, -0.25) is 4.79 Å². The molecule has 0 aliphatic carbocycles. The van der Waals surface area contributed by atoms with Gasteiger partial charge >= 0.3 is 0 Å². The molecule has 0 saturated carbocycles. The minimum absolute atomic E-state index is 0.362. The Bertz CT molecular complexity index is 365. The summed E-state index contributed by atoms with van der Waals surface area (Å²) in [6, 6.07) is 8.34. The summed E-state index contributed by atoms with van der Waals surface area (Å²) in [6.07, 6.45) is 2.33. The second-order valence-corrected chi connectivity index (χ2v) is 5.28. The van der Waals surface area contributed by atoms with Crippen LogP contribution in [0.4, 0.5) is 0 Å². The van der Waals surface area contributed by atoms with E-state index in [1.54, 1.807) is 0 Å². The van der Waals surface area contributed by atoms with E-state index in [0.29, 0.717) is 18.6 Å². The molecular formula is C14H20BrNO. The Hall–Kier alpha value is -0.670. The van der Waals surface area contributed by atoms with Crippen molar-refractivity contribution >= 4 is 21.7 Å². The third-order valence-electron chi connectivity index (χ3n) is 2.73. The highest BCUT2D eigenvalue weighted by Gasteiger charge is 2.03. The van der Waals surface area contributed by atoms with Crippen LogP contribution in [0.25, 0.3) is 0 Å². The summed E-state index contributed by atoms with van der Waals surface area (Å²) in [6.45, 7) is 3.82. The first-order valence-electron chi connectivity index (χ1n) is 6.06. The molecule has 0 saturated heterocycles. The van der Waals surface area contributed by atoms with Crippen LogP contribution < -0.4 is 0 Å². The molecule has 0 amide bonds. The van der Waals surface area contributed by atoms with Gasteiger partial charge in [0.15, 0.2) is 0 Å². The van der Waals surface area contributed by atoms with Crippen LogP contribution in [-0.2, 0) is 11.3 Å². The molecule has 0 spiro atoms. The normalized spacial score (nSPS) is 10.8. The van der Waals surface area contributed by atoms with Gasteiger partial charge in [0.2, 0.25) is 0 Å². The zero-order valence-electron chi connectivity index (χ0n) is 10.6. The maximum absolute atomic E-state index is 11.2. The summed E-state index contributed by atoms with van der Waals surface area (Å²) < 4.78 is 1.12. The van der Waals surface area contributed by atoms with E-state index in [0.717, 1.165) is 24.0 Å².